The van der Waals surface area contributed by atoms with Crippen molar-refractivity contribution in [3.05, 3.63) is 23.3 Å². The molecule has 1 aromatic rings. The molecule has 0 aromatic heterocycles. The molecule has 1 N–H and O–H groups in total. The lowest BCUT2D eigenvalue weighted by Crippen LogP contribution is -1.95. The minimum absolute atomic E-state index is 0.107. The summed E-state index contributed by atoms with van der Waals surface area (Å²) in [6.45, 7) is 0. The van der Waals surface area contributed by atoms with E-state index in [0.717, 1.165) is 0 Å². The number of benzene rings is 1. The number of carbonyl (C=O) groups is 2. The van der Waals surface area contributed by atoms with Crippen LogP contribution in [0.3, 0.4) is 0 Å². The summed E-state index contributed by atoms with van der Waals surface area (Å²) in [4.78, 5) is 21.0. The number of rotatable bonds is 3. The highest BCUT2D eigenvalue weighted by Crippen LogP contribution is 2.25. The third-order valence-corrected chi connectivity index (χ3v) is 1.62. The van der Waals surface area contributed by atoms with E-state index < -0.39 is 0 Å². The topological polar surface area (TPSA) is 63.6 Å². The highest BCUT2D eigenvalue weighted by Gasteiger charge is 2.09. The second-order valence-electron chi connectivity index (χ2n) is 2.39. The van der Waals surface area contributed by atoms with E-state index in [9.17, 15) is 9.59 Å². The van der Waals surface area contributed by atoms with Crippen molar-refractivity contribution in [2.24, 2.45) is 0 Å². The van der Waals surface area contributed by atoms with Gasteiger partial charge in [-0.3, -0.25) is 9.59 Å². The summed E-state index contributed by atoms with van der Waals surface area (Å²) in [6.07, 6.45) is 1.01. The summed E-state index contributed by atoms with van der Waals surface area (Å²) in [5, 5.41) is 9.12. The Hall–Kier alpha value is -1.84. The second-order valence-corrected chi connectivity index (χ2v) is 2.39. The van der Waals surface area contributed by atoms with E-state index in [4.69, 9.17) is 9.84 Å². The van der Waals surface area contributed by atoms with Gasteiger partial charge in [0, 0.05) is 11.6 Å². The van der Waals surface area contributed by atoms with E-state index >= 15 is 0 Å². The smallest absolute Gasteiger partial charge is 0.154 e. The Balaban J connectivity index is 3.41. The van der Waals surface area contributed by atoms with E-state index in [1.54, 1.807) is 0 Å². The van der Waals surface area contributed by atoms with Gasteiger partial charge in [0.1, 0.15) is 11.5 Å². The van der Waals surface area contributed by atoms with Gasteiger partial charge in [-0.05, 0) is 6.07 Å². The molecule has 0 aliphatic carbocycles. The molecule has 0 atom stereocenters. The predicted molar refractivity (Wildman–Crippen MR) is 45.4 cm³/mol. The van der Waals surface area contributed by atoms with Gasteiger partial charge in [0.25, 0.3) is 0 Å². The van der Waals surface area contributed by atoms with Crippen molar-refractivity contribution in [3.63, 3.8) is 0 Å². The number of hydrogen-bond acceptors (Lipinski definition) is 4. The third kappa shape index (κ3) is 1.66. The number of hydrogen-bond donors (Lipinski definition) is 1. The molecular weight excluding hydrogens is 172 g/mol. The number of carbonyl (C=O) groups excluding carboxylic acids is 2. The molecule has 0 amide bonds. The Labute approximate surface area is 74.8 Å². The van der Waals surface area contributed by atoms with Crippen LogP contribution in [0.15, 0.2) is 12.1 Å². The maximum absolute atomic E-state index is 10.6. The summed E-state index contributed by atoms with van der Waals surface area (Å²) >= 11 is 0. The maximum Gasteiger partial charge on any atom is 0.154 e. The van der Waals surface area contributed by atoms with Crippen molar-refractivity contribution in [1.82, 2.24) is 0 Å². The van der Waals surface area contributed by atoms with Crippen molar-refractivity contribution in [3.8, 4) is 11.5 Å². The molecule has 1 rings (SSSR count). The minimum atomic E-state index is -0.107. The molecule has 0 aliphatic rings. The Kier molecular flexibility index (Phi) is 2.64. The summed E-state index contributed by atoms with van der Waals surface area (Å²) in [6, 6.07) is 2.48. The van der Waals surface area contributed by atoms with Gasteiger partial charge in [0.15, 0.2) is 12.6 Å². The van der Waals surface area contributed by atoms with Gasteiger partial charge < -0.3 is 9.84 Å². The molecule has 0 saturated heterocycles. The summed E-state index contributed by atoms with van der Waals surface area (Å²) in [5.41, 5.74) is 0.266. The molecule has 1 aromatic carbocycles. The fraction of sp³-hybridized carbons (Fsp3) is 0.111. The fourth-order valence-electron chi connectivity index (χ4n) is 1.03. The van der Waals surface area contributed by atoms with Crippen LogP contribution in [-0.4, -0.2) is 24.8 Å². The van der Waals surface area contributed by atoms with Crippen LogP contribution in [0.2, 0.25) is 0 Å². The summed E-state index contributed by atoms with van der Waals surface area (Å²) in [7, 11) is 1.36. The summed E-state index contributed by atoms with van der Waals surface area (Å²) in [5.74, 6) is 0.0849. The average Bonchev–Trinajstić information content (AvgIpc) is 2.16. The molecule has 0 saturated carbocycles. The number of phenolic OH excluding ortho intramolecular Hbond substituents is 1. The van der Waals surface area contributed by atoms with Crippen LogP contribution in [0, 0.1) is 0 Å². The highest BCUT2D eigenvalue weighted by atomic mass is 16.5. The molecule has 0 unspecified atom stereocenters. The predicted octanol–water partition coefficient (Wildman–Crippen LogP) is 1.03. The number of ether oxygens (including phenoxy) is 1. The molecule has 0 radical (unpaired) electrons. The lowest BCUT2D eigenvalue weighted by molar-refractivity contribution is 0.109. The molecule has 4 heteroatoms. The van der Waals surface area contributed by atoms with Crippen LogP contribution in [0.4, 0.5) is 0 Å². The number of aromatic hydroxyl groups is 1. The van der Waals surface area contributed by atoms with Gasteiger partial charge in [-0.15, -0.1) is 0 Å². The zero-order valence-corrected chi connectivity index (χ0v) is 6.98. The molecule has 4 nitrogen and oxygen atoms in total. The van der Waals surface area contributed by atoms with Crippen molar-refractivity contribution in [2.45, 2.75) is 0 Å². The Morgan fingerprint density at radius 3 is 2.46 bits per heavy atom. The van der Waals surface area contributed by atoms with Crippen LogP contribution in [0.25, 0.3) is 0 Å². The van der Waals surface area contributed by atoms with Crippen LogP contribution in [0.1, 0.15) is 20.7 Å². The Morgan fingerprint density at radius 1 is 1.31 bits per heavy atom. The quantitative estimate of drug-likeness (QED) is 0.705. The number of aldehydes is 2. The zero-order valence-electron chi connectivity index (χ0n) is 6.98. The second kappa shape index (κ2) is 3.71. The molecule has 0 fully saturated rings. The van der Waals surface area contributed by atoms with Gasteiger partial charge in [0.2, 0.25) is 0 Å². The Bertz CT molecular complexity index is 344. The normalized spacial score (nSPS) is 9.31. The maximum atomic E-state index is 10.6. The van der Waals surface area contributed by atoms with Gasteiger partial charge >= 0.3 is 0 Å². The molecule has 0 spiro atoms. The van der Waals surface area contributed by atoms with Gasteiger partial charge in [-0.25, -0.2) is 0 Å². The lowest BCUT2D eigenvalue weighted by atomic mass is 10.1. The monoisotopic (exact) mass is 180 g/mol. The van der Waals surface area contributed by atoms with Crippen LogP contribution in [0.5, 0.6) is 11.5 Å². The molecule has 0 bridgehead atoms. The van der Waals surface area contributed by atoms with Crippen molar-refractivity contribution in [1.29, 1.82) is 0 Å². The standard InChI is InChI=1S/C9H8O4/c1-13-9-3-7(12)2-6(4-10)8(9)5-11/h2-5,12H,1H3. The average molecular weight is 180 g/mol. The molecule has 13 heavy (non-hydrogen) atoms. The van der Waals surface area contributed by atoms with Crippen LogP contribution in [-0.2, 0) is 0 Å². The molecule has 68 valence electrons. The molecular formula is C9H8O4. The van der Waals surface area contributed by atoms with E-state index in [2.05, 4.69) is 0 Å². The van der Waals surface area contributed by atoms with Gasteiger partial charge in [0.05, 0.1) is 12.7 Å². The number of methoxy groups -OCH3 is 1. The first-order valence-electron chi connectivity index (χ1n) is 3.54. The summed E-state index contributed by atoms with van der Waals surface area (Å²) < 4.78 is 4.81. The lowest BCUT2D eigenvalue weighted by Gasteiger charge is -2.05. The van der Waals surface area contributed by atoms with Crippen molar-refractivity contribution < 1.29 is 19.4 Å². The first kappa shape index (κ1) is 9.25. The zero-order chi connectivity index (χ0) is 9.84. The van der Waals surface area contributed by atoms with Gasteiger partial charge in [-0.1, -0.05) is 0 Å². The van der Waals surface area contributed by atoms with E-state index in [-0.39, 0.29) is 22.6 Å². The number of phenols is 1. The van der Waals surface area contributed by atoms with Crippen LogP contribution < -0.4 is 4.74 Å². The third-order valence-electron chi connectivity index (χ3n) is 1.62. The Morgan fingerprint density at radius 2 is 2.00 bits per heavy atom. The minimum Gasteiger partial charge on any atom is -0.508 e. The van der Waals surface area contributed by atoms with Crippen LogP contribution >= 0.6 is 0 Å². The van der Waals surface area contributed by atoms with E-state index in [1.807, 2.05) is 0 Å². The first-order valence-corrected chi connectivity index (χ1v) is 3.54. The molecule has 0 aliphatic heterocycles. The van der Waals surface area contributed by atoms with E-state index in [0.29, 0.717) is 12.6 Å². The molecule has 0 heterocycles. The highest BCUT2D eigenvalue weighted by molar-refractivity contribution is 5.93. The van der Waals surface area contributed by atoms with Crippen molar-refractivity contribution in [2.75, 3.05) is 7.11 Å². The van der Waals surface area contributed by atoms with E-state index in [1.165, 1.54) is 19.2 Å². The SMILES string of the molecule is COc1cc(O)cc(C=O)c1C=O. The van der Waals surface area contributed by atoms with Gasteiger partial charge in [-0.2, -0.15) is 0 Å². The fourth-order valence-corrected chi connectivity index (χ4v) is 1.03. The first-order chi connectivity index (χ1) is 6.22. The largest absolute Gasteiger partial charge is 0.508 e. The van der Waals surface area contributed by atoms with Crippen molar-refractivity contribution >= 4 is 12.6 Å².